The first-order valence-electron chi connectivity index (χ1n) is 7.12. The van der Waals surface area contributed by atoms with Gasteiger partial charge < -0.3 is 0 Å². The fraction of sp³-hybridized carbons (Fsp3) is 0.385. The Morgan fingerprint density at radius 2 is 2.04 bits per heavy atom. The molecule has 0 aliphatic carbocycles. The standard InChI is InChI=1S/C13H17N5O3S2/c1-17-8-4-11(16-17)14-15-13(19)12-10(5-9-22-12)23(20,21)18-6-2-3-7-18/h4-5,8-9H,2-3,6-7H2,1H3,(H,14,16)(H,15,19). The van der Waals surface area contributed by atoms with E-state index in [4.69, 9.17) is 0 Å². The first kappa shape index (κ1) is 16.0. The number of sulfonamides is 1. The molecule has 1 saturated heterocycles. The average Bonchev–Trinajstić information content (AvgIpc) is 3.25. The number of aryl methyl sites for hydroxylation is 1. The summed E-state index contributed by atoms with van der Waals surface area (Å²) >= 11 is 1.10. The summed E-state index contributed by atoms with van der Waals surface area (Å²) in [5.74, 6) is -0.0234. The lowest BCUT2D eigenvalue weighted by atomic mass is 10.4. The molecular weight excluding hydrogens is 338 g/mol. The number of hydrazine groups is 1. The van der Waals surface area contributed by atoms with Gasteiger partial charge >= 0.3 is 0 Å². The van der Waals surface area contributed by atoms with Crippen LogP contribution in [-0.2, 0) is 17.1 Å². The third-order valence-electron chi connectivity index (χ3n) is 3.54. The molecule has 0 unspecified atom stereocenters. The van der Waals surface area contributed by atoms with E-state index in [1.165, 1.54) is 10.4 Å². The second-order valence-corrected chi connectivity index (χ2v) is 8.00. The van der Waals surface area contributed by atoms with Crippen molar-refractivity contribution in [3.8, 4) is 0 Å². The van der Waals surface area contributed by atoms with Gasteiger partial charge in [0.1, 0.15) is 9.77 Å². The van der Waals surface area contributed by atoms with Crippen LogP contribution >= 0.6 is 11.3 Å². The molecule has 2 aromatic rings. The van der Waals surface area contributed by atoms with E-state index in [2.05, 4.69) is 16.0 Å². The summed E-state index contributed by atoms with van der Waals surface area (Å²) in [6.07, 6.45) is 3.43. The quantitative estimate of drug-likeness (QED) is 0.781. The fourth-order valence-corrected chi connectivity index (χ4v) is 5.21. The van der Waals surface area contributed by atoms with E-state index in [9.17, 15) is 13.2 Å². The topological polar surface area (TPSA) is 96.3 Å². The Kier molecular flexibility index (Phi) is 4.37. The summed E-state index contributed by atoms with van der Waals surface area (Å²) in [6, 6.07) is 3.17. The first-order chi connectivity index (χ1) is 11.0. The van der Waals surface area contributed by atoms with Crippen molar-refractivity contribution in [2.24, 2.45) is 7.05 Å². The highest BCUT2D eigenvalue weighted by Gasteiger charge is 2.31. The maximum atomic E-state index is 12.6. The van der Waals surface area contributed by atoms with Crippen molar-refractivity contribution >= 4 is 33.1 Å². The van der Waals surface area contributed by atoms with Gasteiger partial charge in [-0.2, -0.15) is 9.40 Å². The van der Waals surface area contributed by atoms with Crippen molar-refractivity contribution in [3.05, 3.63) is 28.6 Å². The SMILES string of the molecule is Cn1ccc(NNC(=O)c2sccc2S(=O)(=O)N2CCCC2)n1. The molecule has 8 nitrogen and oxygen atoms in total. The summed E-state index contributed by atoms with van der Waals surface area (Å²) in [5.41, 5.74) is 5.15. The molecule has 3 heterocycles. The van der Waals surface area contributed by atoms with Gasteiger partial charge in [-0.1, -0.05) is 0 Å². The van der Waals surface area contributed by atoms with Gasteiger partial charge in [-0.3, -0.25) is 20.3 Å². The molecule has 2 N–H and O–H groups in total. The van der Waals surface area contributed by atoms with Crippen LogP contribution in [0, 0.1) is 0 Å². The lowest BCUT2D eigenvalue weighted by Crippen LogP contribution is -2.32. The molecule has 10 heteroatoms. The van der Waals surface area contributed by atoms with Gasteiger partial charge in [0.15, 0.2) is 5.82 Å². The zero-order valence-corrected chi connectivity index (χ0v) is 14.2. The minimum atomic E-state index is -3.61. The monoisotopic (exact) mass is 355 g/mol. The van der Waals surface area contributed by atoms with Crippen LogP contribution in [0.4, 0.5) is 5.82 Å². The number of anilines is 1. The minimum absolute atomic E-state index is 0.0599. The van der Waals surface area contributed by atoms with Crippen LogP contribution in [0.2, 0.25) is 0 Å². The van der Waals surface area contributed by atoms with Crippen molar-refractivity contribution in [2.75, 3.05) is 18.5 Å². The van der Waals surface area contributed by atoms with E-state index in [1.54, 1.807) is 29.4 Å². The highest BCUT2D eigenvalue weighted by Crippen LogP contribution is 2.27. The first-order valence-corrected chi connectivity index (χ1v) is 9.44. The van der Waals surface area contributed by atoms with Crippen LogP contribution in [0.15, 0.2) is 28.6 Å². The van der Waals surface area contributed by atoms with E-state index in [0.717, 1.165) is 24.2 Å². The smallest absolute Gasteiger partial charge is 0.280 e. The lowest BCUT2D eigenvalue weighted by Gasteiger charge is -2.15. The molecule has 0 aromatic carbocycles. The molecule has 0 saturated carbocycles. The Labute approximate surface area is 138 Å². The summed E-state index contributed by atoms with van der Waals surface area (Å²) in [4.78, 5) is 12.5. The largest absolute Gasteiger partial charge is 0.281 e. The predicted octanol–water partition coefficient (Wildman–Crippen LogP) is 1.02. The maximum Gasteiger partial charge on any atom is 0.281 e. The third-order valence-corrected chi connectivity index (χ3v) is 6.52. The lowest BCUT2D eigenvalue weighted by molar-refractivity contribution is 0.0963. The second kappa shape index (κ2) is 6.30. The number of thiophene rings is 1. The second-order valence-electron chi connectivity index (χ2n) is 5.18. The van der Waals surface area contributed by atoms with E-state index in [1.807, 2.05) is 0 Å². The molecule has 1 fully saturated rings. The normalized spacial score (nSPS) is 15.7. The molecule has 124 valence electrons. The van der Waals surface area contributed by atoms with Gasteiger partial charge in [-0.25, -0.2) is 8.42 Å². The molecule has 0 spiro atoms. The highest BCUT2D eigenvalue weighted by atomic mass is 32.2. The van der Waals surface area contributed by atoms with Gasteiger partial charge in [-0.15, -0.1) is 11.3 Å². The molecule has 1 aliphatic rings. The van der Waals surface area contributed by atoms with Crippen LogP contribution < -0.4 is 10.9 Å². The van der Waals surface area contributed by atoms with Gasteiger partial charge in [0.25, 0.3) is 5.91 Å². The van der Waals surface area contributed by atoms with Crippen LogP contribution in [-0.4, -0.2) is 41.5 Å². The molecule has 0 bridgehead atoms. The molecule has 1 amide bonds. The number of carbonyl (C=O) groups is 1. The zero-order chi connectivity index (χ0) is 16.4. The molecule has 23 heavy (non-hydrogen) atoms. The Balaban J connectivity index is 1.76. The van der Waals surface area contributed by atoms with Gasteiger partial charge in [-0.05, 0) is 24.3 Å². The number of nitrogens with one attached hydrogen (secondary N) is 2. The highest BCUT2D eigenvalue weighted by molar-refractivity contribution is 7.89. The summed E-state index contributed by atoms with van der Waals surface area (Å²) in [5, 5.41) is 5.68. The van der Waals surface area contributed by atoms with Crippen LogP contribution in [0.3, 0.4) is 0 Å². The van der Waals surface area contributed by atoms with Gasteiger partial charge in [0, 0.05) is 32.4 Å². The average molecular weight is 355 g/mol. The van der Waals surface area contributed by atoms with Crippen molar-refractivity contribution in [3.63, 3.8) is 0 Å². The molecule has 3 rings (SSSR count). The maximum absolute atomic E-state index is 12.6. The Morgan fingerprint density at radius 3 is 2.70 bits per heavy atom. The van der Waals surface area contributed by atoms with Gasteiger partial charge in [0.2, 0.25) is 10.0 Å². The Hall–Kier alpha value is -1.91. The van der Waals surface area contributed by atoms with E-state index >= 15 is 0 Å². The van der Waals surface area contributed by atoms with Crippen molar-refractivity contribution in [1.29, 1.82) is 0 Å². The molecular formula is C13H17N5O3S2. The van der Waals surface area contributed by atoms with Crippen LogP contribution in [0.1, 0.15) is 22.5 Å². The molecule has 0 radical (unpaired) electrons. The number of hydrogen-bond donors (Lipinski definition) is 2. The van der Waals surface area contributed by atoms with Crippen LogP contribution in [0.25, 0.3) is 0 Å². The van der Waals surface area contributed by atoms with Crippen molar-refractivity contribution in [1.82, 2.24) is 19.5 Å². The molecule has 1 aliphatic heterocycles. The number of nitrogens with zero attached hydrogens (tertiary/aromatic N) is 3. The summed E-state index contributed by atoms with van der Waals surface area (Å²) in [7, 11) is -1.86. The Morgan fingerprint density at radius 1 is 1.30 bits per heavy atom. The number of hydrogen-bond acceptors (Lipinski definition) is 6. The molecule has 2 aromatic heterocycles. The van der Waals surface area contributed by atoms with Crippen LogP contribution in [0.5, 0.6) is 0 Å². The molecule has 0 atom stereocenters. The number of amides is 1. The fourth-order valence-electron chi connectivity index (χ4n) is 2.39. The number of rotatable bonds is 5. The summed E-state index contributed by atoms with van der Waals surface area (Å²) < 4.78 is 28.2. The predicted molar refractivity (Wildman–Crippen MR) is 86.6 cm³/mol. The minimum Gasteiger partial charge on any atom is -0.280 e. The van der Waals surface area contributed by atoms with E-state index < -0.39 is 15.9 Å². The number of carbonyl (C=O) groups excluding carboxylic acids is 1. The zero-order valence-electron chi connectivity index (χ0n) is 12.5. The van der Waals surface area contributed by atoms with Crippen molar-refractivity contribution < 1.29 is 13.2 Å². The van der Waals surface area contributed by atoms with E-state index in [-0.39, 0.29) is 9.77 Å². The Bertz CT molecular complexity index is 805. The third kappa shape index (κ3) is 3.23. The van der Waals surface area contributed by atoms with Crippen molar-refractivity contribution in [2.45, 2.75) is 17.7 Å². The number of aromatic nitrogens is 2. The van der Waals surface area contributed by atoms with Gasteiger partial charge in [0.05, 0.1) is 0 Å². The summed E-state index contributed by atoms with van der Waals surface area (Å²) in [6.45, 7) is 1.01. The van der Waals surface area contributed by atoms with E-state index in [0.29, 0.717) is 18.9 Å².